The van der Waals surface area contributed by atoms with E-state index in [1.165, 1.54) is 0 Å². The van der Waals surface area contributed by atoms with Crippen LogP contribution >= 0.6 is 0 Å². The number of hydrogen-bond acceptors (Lipinski definition) is 4. The van der Waals surface area contributed by atoms with Crippen molar-refractivity contribution in [2.75, 3.05) is 13.1 Å². The molecule has 0 unspecified atom stereocenters. The van der Waals surface area contributed by atoms with E-state index in [1.807, 2.05) is 19.1 Å². The van der Waals surface area contributed by atoms with Gasteiger partial charge in [0.15, 0.2) is 0 Å². The van der Waals surface area contributed by atoms with Gasteiger partial charge in [-0.25, -0.2) is 0 Å². The molecule has 26 heavy (non-hydrogen) atoms. The number of carbonyl (C=O) groups excluding carboxylic acids is 1. The average Bonchev–Trinajstić information content (AvgIpc) is 2.97. The average molecular weight is 355 g/mol. The fourth-order valence-electron chi connectivity index (χ4n) is 2.95. The standard InChI is InChI=1S/C20H21NO5/c1-13-2-6-15(7-3-13)20(25)21-11-17(22)18(12-21)26-16-8-4-14(5-9-16)10-19(23)24/h2-9,17-18,22H,10-12H2,1H3,(H,23,24)/t17-,18-/m1/s1. The summed E-state index contributed by atoms with van der Waals surface area (Å²) in [4.78, 5) is 24.8. The summed E-state index contributed by atoms with van der Waals surface area (Å²) < 4.78 is 5.79. The van der Waals surface area contributed by atoms with Gasteiger partial charge in [-0.15, -0.1) is 0 Å². The second-order valence-electron chi connectivity index (χ2n) is 6.51. The summed E-state index contributed by atoms with van der Waals surface area (Å²) in [6, 6.07) is 14.0. The molecule has 6 nitrogen and oxygen atoms in total. The van der Waals surface area contributed by atoms with Crippen LogP contribution in [0.4, 0.5) is 0 Å². The Hall–Kier alpha value is -2.86. The van der Waals surface area contributed by atoms with E-state index in [9.17, 15) is 14.7 Å². The number of carboxylic acid groups (broad SMARTS) is 1. The second-order valence-corrected chi connectivity index (χ2v) is 6.51. The molecule has 6 heteroatoms. The van der Waals surface area contributed by atoms with Crippen LogP contribution in [-0.2, 0) is 11.2 Å². The molecule has 2 atom stereocenters. The van der Waals surface area contributed by atoms with Gasteiger partial charge in [-0.3, -0.25) is 9.59 Å². The molecule has 2 aromatic carbocycles. The SMILES string of the molecule is Cc1ccc(C(=O)N2C[C@@H](O)[C@H](Oc3ccc(CC(=O)O)cc3)C2)cc1. The molecule has 1 fully saturated rings. The number of carboxylic acids is 1. The molecule has 0 spiro atoms. The number of carbonyl (C=O) groups is 2. The first-order valence-corrected chi connectivity index (χ1v) is 8.44. The second kappa shape index (κ2) is 7.58. The summed E-state index contributed by atoms with van der Waals surface area (Å²) in [6.07, 6.45) is -1.34. The van der Waals surface area contributed by atoms with E-state index in [4.69, 9.17) is 9.84 Å². The Balaban J connectivity index is 1.62. The molecule has 3 rings (SSSR count). The zero-order valence-electron chi connectivity index (χ0n) is 14.5. The molecule has 1 aliphatic heterocycles. The van der Waals surface area contributed by atoms with Gasteiger partial charge < -0.3 is 19.8 Å². The first kappa shape index (κ1) is 17.9. The highest BCUT2D eigenvalue weighted by Crippen LogP contribution is 2.21. The molecule has 1 saturated heterocycles. The molecule has 0 aliphatic carbocycles. The van der Waals surface area contributed by atoms with E-state index in [-0.39, 0.29) is 18.9 Å². The lowest BCUT2D eigenvalue weighted by Crippen LogP contribution is -2.31. The third kappa shape index (κ3) is 4.21. The maximum absolute atomic E-state index is 12.6. The van der Waals surface area contributed by atoms with Crippen LogP contribution in [0.25, 0.3) is 0 Å². The Kier molecular flexibility index (Phi) is 5.23. The first-order valence-electron chi connectivity index (χ1n) is 8.44. The number of aliphatic hydroxyl groups is 1. The third-order valence-electron chi connectivity index (χ3n) is 4.39. The number of likely N-dealkylation sites (tertiary alicyclic amines) is 1. The van der Waals surface area contributed by atoms with E-state index in [2.05, 4.69) is 0 Å². The number of amides is 1. The van der Waals surface area contributed by atoms with Crippen LogP contribution in [0.5, 0.6) is 5.75 Å². The Bertz CT molecular complexity index is 785. The zero-order chi connectivity index (χ0) is 18.7. The molecule has 1 heterocycles. The van der Waals surface area contributed by atoms with Crippen LogP contribution in [0.3, 0.4) is 0 Å². The van der Waals surface area contributed by atoms with Gasteiger partial charge in [0.1, 0.15) is 18.0 Å². The lowest BCUT2D eigenvalue weighted by Gasteiger charge is -2.17. The summed E-state index contributed by atoms with van der Waals surface area (Å²) in [5.41, 5.74) is 2.34. The van der Waals surface area contributed by atoms with Gasteiger partial charge in [0.25, 0.3) is 5.91 Å². The van der Waals surface area contributed by atoms with Crippen LogP contribution in [-0.4, -0.2) is 52.3 Å². The fourth-order valence-corrected chi connectivity index (χ4v) is 2.95. The summed E-state index contributed by atoms with van der Waals surface area (Å²) in [5.74, 6) is -0.491. The zero-order valence-corrected chi connectivity index (χ0v) is 14.5. The van der Waals surface area contributed by atoms with Gasteiger partial charge in [0, 0.05) is 5.56 Å². The molecule has 0 radical (unpaired) electrons. The number of β-amino-alcohol motifs (C(OH)–C–C–N with tert-alkyl or cyclic N) is 1. The van der Waals surface area contributed by atoms with Crippen molar-refractivity contribution in [1.29, 1.82) is 0 Å². The third-order valence-corrected chi connectivity index (χ3v) is 4.39. The summed E-state index contributed by atoms with van der Waals surface area (Å²) in [7, 11) is 0. The lowest BCUT2D eigenvalue weighted by atomic mass is 10.1. The van der Waals surface area contributed by atoms with Crippen LogP contribution in [0.15, 0.2) is 48.5 Å². The minimum absolute atomic E-state index is 0.0504. The molecule has 2 aromatic rings. The van der Waals surface area contributed by atoms with Crippen molar-refractivity contribution < 1.29 is 24.5 Å². The van der Waals surface area contributed by atoms with Crippen LogP contribution < -0.4 is 4.74 Å². The normalized spacial score (nSPS) is 19.4. The van der Waals surface area contributed by atoms with Crippen molar-refractivity contribution in [3.05, 3.63) is 65.2 Å². The molecule has 1 aliphatic rings. The first-order chi connectivity index (χ1) is 12.4. The molecule has 136 valence electrons. The Labute approximate surface area is 151 Å². The topological polar surface area (TPSA) is 87.1 Å². The monoisotopic (exact) mass is 355 g/mol. The molecule has 2 N–H and O–H groups in total. The number of aryl methyl sites for hydroxylation is 1. The molecular formula is C20H21NO5. The van der Waals surface area contributed by atoms with Crippen molar-refractivity contribution in [2.45, 2.75) is 25.6 Å². The minimum atomic E-state index is -0.893. The van der Waals surface area contributed by atoms with Crippen LogP contribution in [0, 0.1) is 6.92 Å². The highest BCUT2D eigenvalue weighted by Gasteiger charge is 2.36. The van der Waals surface area contributed by atoms with Gasteiger partial charge in [0.2, 0.25) is 0 Å². The highest BCUT2D eigenvalue weighted by atomic mass is 16.5. The molecule has 0 aromatic heterocycles. The van der Waals surface area contributed by atoms with E-state index in [0.717, 1.165) is 5.56 Å². The number of rotatable bonds is 5. The lowest BCUT2D eigenvalue weighted by molar-refractivity contribution is -0.136. The van der Waals surface area contributed by atoms with Crippen molar-refractivity contribution >= 4 is 11.9 Å². The molecule has 0 saturated carbocycles. The fraction of sp³-hybridized carbons (Fsp3) is 0.300. The van der Waals surface area contributed by atoms with Crippen molar-refractivity contribution in [3.8, 4) is 5.75 Å². The molecular weight excluding hydrogens is 334 g/mol. The van der Waals surface area contributed by atoms with Gasteiger partial charge >= 0.3 is 5.97 Å². The van der Waals surface area contributed by atoms with Crippen LogP contribution in [0.2, 0.25) is 0 Å². The summed E-state index contributed by atoms with van der Waals surface area (Å²) >= 11 is 0. The summed E-state index contributed by atoms with van der Waals surface area (Å²) in [6.45, 7) is 2.47. The predicted octanol–water partition coefficient (Wildman–Crippen LogP) is 1.89. The number of hydrogen-bond donors (Lipinski definition) is 2. The number of nitrogens with zero attached hydrogens (tertiary/aromatic N) is 1. The molecule has 0 bridgehead atoms. The Morgan fingerprint density at radius 1 is 1.08 bits per heavy atom. The van der Waals surface area contributed by atoms with Crippen molar-refractivity contribution in [3.63, 3.8) is 0 Å². The number of aliphatic carboxylic acids is 1. The smallest absolute Gasteiger partial charge is 0.307 e. The maximum Gasteiger partial charge on any atom is 0.307 e. The van der Waals surface area contributed by atoms with E-state index in [0.29, 0.717) is 23.4 Å². The Morgan fingerprint density at radius 3 is 2.35 bits per heavy atom. The van der Waals surface area contributed by atoms with Gasteiger partial charge in [0.05, 0.1) is 19.5 Å². The summed E-state index contributed by atoms with van der Waals surface area (Å²) in [5, 5.41) is 19.0. The molecule has 1 amide bonds. The van der Waals surface area contributed by atoms with Crippen LogP contribution in [0.1, 0.15) is 21.5 Å². The van der Waals surface area contributed by atoms with Crippen molar-refractivity contribution in [2.24, 2.45) is 0 Å². The number of ether oxygens (including phenoxy) is 1. The van der Waals surface area contributed by atoms with E-state index >= 15 is 0 Å². The van der Waals surface area contributed by atoms with E-state index in [1.54, 1.807) is 41.3 Å². The van der Waals surface area contributed by atoms with Gasteiger partial charge in [-0.05, 0) is 36.8 Å². The minimum Gasteiger partial charge on any atom is -0.486 e. The number of aliphatic hydroxyl groups excluding tert-OH is 1. The Morgan fingerprint density at radius 2 is 1.73 bits per heavy atom. The predicted molar refractivity (Wildman–Crippen MR) is 95.3 cm³/mol. The quantitative estimate of drug-likeness (QED) is 0.855. The highest BCUT2D eigenvalue weighted by molar-refractivity contribution is 5.94. The van der Waals surface area contributed by atoms with Gasteiger partial charge in [-0.2, -0.15) is 0 Å². The van der Waals surface area contributed by atoms with Gasteiger partial charge in [-0.1, -0.05) is 29.8 Å². The van der Waals surface area contributed by atoms with E-state index < -0.39 is 18.2 Å². The maximum atomic E-state index is 12.6. The number of benzene rings is 2. The van der Waals surface area contributed by atoms with Crippen molar-refractivity contribution in [1.82, 2.24) is 4.90 Å². The largest absolute Gasteiger partial charge is 0.486 e.